The van der Waals surface area contributed by atoms with Crippen LogP contribution in [0.1, 0.15) is 66.3 Å². The first-order valence-electron chi connectivity index (χ1n) is 11.2. The Balaban J connectivity index is 1.19. The van der Waals surface area contributed by atoms with E-state index >= 15 is 0 Å². The number of anilines is 1. The average Bonchev–Trinajstić information content (AvgIpc) is 3.25. The summed E-state index contributed by atoms with van der Waals surface area (Å²) in [6.07, 6.45) is 4.78. The molecule has 4 aliphatic rings. The molecule has 2 aromatic rings. The lowest BCUT2D eigenvalue weighted by Gasteiger charge is -2.38. The van der Waals surface area contributed by atoms with Crippen LogP contribution in [-0.2, 0) is 21.2 Å². The number of amides is 2. The third-order valence-electron chi connectivity index (χ3n) is 7.08. The molecule has 3 atom stereocenters. The second-order valence-electron chi connectivity index (χ2n) is 9.42. The molecule has 1 aromatic heterocycles. The molecule has 2 N–H and O–H groups in total. The van der Waals surface area contributed by atoms with Crippen LogP contribution in [0.4, 0.5) is 5.69 Å². The van der Waals surface area contributed by atoms with Gasteiger partial charge in [0.1, 0.15) is 10.7 Å². The first-order valence-corrected chi connectivity index (χ1v) is 13.0. The van der Waals surface area contributed by atoms with Crippen molar-refractivity contribution in [2.45, 2.75) is 73.9 Å². The molecule has 1 aliphatic carbocycles. The summed E-state index contributed by atoms with van der Waals surface area (Å²) < 4.78 is 34.0. The summed E-state index contributed by atoms with van der Waals surface area (Å²) in [5, 5.41) is 9.70. The summed E-state index contributed by atoms with van der Waals surface area (Å²) in [6.45, 7) is 0. The van der Waals surface area contributed by atoms with E-state index in [0.717, 1.165) is 31.4 Å². The molecule has 3 fully saturated rings. The predicted molar refractivity (Wildman–Crippen MR) is 119 cm³/mol. The number of aromatic nitrogens is 1. The van der Waals surface area contributed by atoms with Crippen molar-refractivity contribution in [2.24, 2.45) is 0 Å². The molecule has 4 heterocycles. The lowest BCUT2D eigenvalue weighted by Crippen LogP contribution is -2.52. The summed E-state index contributed by atoms with van der Waals surface area (Å²) in [7, 11) is -3.85. The highest BCUT2D eigenvalue weighted by Gasteiger charge is 2.48. The number of nitrogens with zero attached hydrogens (tertiary/aromatic N) is 2. The number of halogens is 1. The Morgan fingerprint density at radius 1 is 1.15 bits per heavy atom. The topological polar surface area (TPSA) is 122 Å². The van der Waals surface area contributed by atoms with Crippen LogP contribution in [0.2, 0.25) is 5.02 Å². The Bertz CT molecular complexity index is 1260. The fourth-order valence-electron chi connectivity index (χ4n) is 5.40. The number of benzene rings is 1. The van der Waals surface area contributed by atoms with E-state index < -0.39 is 10.0 Å². The zero-order chi connectivity index (χ0) is 22.9. The van der Waals surface area contributed by atoms with Gasteiger partial charge in [-0.15, -0.1) is 0 Å². The van der Waals surface area contributed by atoms with Gasteiger partial charge >= 0.3 is 0 Å². The minimum atomic E-state index is -3.85. The quantitative estimate of drug-likeness (QED) is 0.664. The minimum absolute atomic E-state index is 0.0361. The van der Waals surface area contributed by atoms with Gasteiger partial charge in [0.05, 0.1) is 11.4 Å². The van der Waals surface area contributed by atoms with Crippen LogP contribution in [0.25, 0.3) is 0 Å². The normalized spacial score (nSPS) is 26.8. The van der Waals surface area contributed by atoms with Crippen LogP contribution >= 0.6 is 11.6 Å². The van der Waals surface area contributed by atoms with Crippen molar-refractivity contribution in [3.05, 3.63) is 40.2 Å². The van der Waals surface area contributed by atoms with Crippen molar-refractivity contribution in [2.75, 3.05) is 5.32 Å². The molecule has 33 heavy (non-hydrogen) atoms. The Morgan fingerprint density at radius 3 is 2.58 bits per heavy atom. The number of nitrogens with one attached hydrogen (secondary N) is 2. The van der Waals surface area contributed by atoms with E-state index in [4.69, 9.17) is 16.1 Å². The van der Waals surface area contributed by atoms with Crippen molar-refractivity contribution >= 4 is 39.1 Å². The highest BCUT2D eigenvalue weighted by Crippen LogP contribution is 2.43. The summed E-state index contributed by atoms with van der Waals surface area (Å²) in [6, 6.07) is 4.15. The second kappa shape index (κ2) is 7.54. The molecule has 0 spiro atoms. The van der Waals surface area contributed by atoms with Crippen LogP contribution in [0.3, 0.4) is 0 Å². The molecule has 0 radical (unpaired) electrons. The van der Waals surface area contributed by atoms with Crippen molar-refractivity contribution in [3.8, 4) is 0 Å². The lowest BCUT2D eigenvalue weighted by molar-refractivity contribution is -0.115. The van der Waals surface area contributed by atoms with Gasteiger partial charge in [-0.2, -0.15) is 4.31 Å². The zero-order valence-corrected chi connectivity index (χ0v) is 19.3. The lowest BCUT2D eigenvalue weighted by atomic mass is 9.99. The molecule has 2 bridgehead atoms. The monoisotopic (exact) mass is 490 g/mol. The summed E-state index contributed by atoms with van der Waals surface area (Å²) in [4.78, 5) is 24.4. The number of hydrogen-bond acceptors (Lipinski definition) is 6. The average molecular weight is 491 g/mol. The predicted octanol–water partition coefficient (Wildman–Crippen LogP) is 2.81. The third kappa shape index (κ3) is 3.64. The van der Waals surface area contributed by atoms with Gasteiger partial charge in [-0.3, -0.25) is 9.59 Å². The van der Waals surface area contributed by atoms with Crippen molar-refractivity contribution in [1.82, 2.24) is 14.8 Å². The summed E-state index contributed by atoms with van der Waals surface area (Å²) in [5.74, 6) is 0.668. The Morgan fingerprint density at radius 2 is 1.88 bits per heavy atom. The molecule has 2 amide bonds. The summed E-state index contributed by atoms with van der Waals surface area (Å²) >= 11 is 6.34. The number of carbonyl (C=O) groups is 2. The Hall–Kier alpha value is -2.43. The van der Waals surface area contributed by atoms with E-state index in [-0.39, 0.29) is 52.0 Å². The maximum absolute atomic E-state index is 13.6. The van der Waals surface area contributed by atoms with E-state index in [1.165, 1.54) is 12.1 Å². The molecule has 1 saturated carbocycles. The highest BCUT2D eigenvalue weighted by molar-refractivity contribution is 7.89. The van der Waals surface area contributed by atoms with Gasteiger partial charge in [-0.1, -0.05) is 16.8 Å². The minimum Gasteiger partial charge on any atom is -0.360 e. The van der Waals surface area contributed by atoms with Crippen LogP contribution in [0, 0.1) is 0 Å². The van der Waals surface area contributed by atoms with Crippen LogP contribution < -0.4 is 10.6 Å². The molecule has 3 aliphatic heterocycles. The molecule has 9 nitrogen and oxygen atoms in total. The number of fused-ring (bicyclic) bond motifs is 3. The number of hydrogen-bond donors (Lipinski definition) is 2. The van der Waals surface area contributed by atoms with Crippen molar-refractivity contribution < 1.29 is 22.5 Å². The van der Waals surface area contributed by atoms with Gasteiger partial charge in [0.2, 0.25) is 15.9 Å². The van der Waals surface area contributed by atoms with E-state index in [2.05, 4.69) is 15.8 Å². The zero-order valence-electron chi connectivity index (χ0n) is 17.7. The molecular formula is C22H23ClN4O5S. The molecule has 6 rings (SSSR count). The molecule has 1 unspecified atom stereocenters. The van der Waals surface area contributed by atoms with Crippen LogP contribution in [-0.4, -0.2) is 47.8 Å². The maximum Gasteiger partial charge on any atom is 0.273 e. The van der Waals surface area contributed by atoms with Gasteiger partial charge in [-0.25, -0.2) is 8.42 Å². The maximum atomic E-state index is 13.6. The number of piperidine rings is 1. The SMILES string of the molecule is O=C1Cc2cc(S(=O)(=O)N3[C@@H]4CC[C@H]3CC(NC(=O)c3cc(C5CC5)on3)C4)c(Cl)cc2N1. The number of sulfonamides is 1. The Labute approximate surface area is 195 Å². The van der Waals surface area contributed by atoms with E-state index in [1.54, 1.807) is 10.4 Å². The molecular weight excluding hydrogens is 468 g/mol. The number of carbonyl (C=O) groups excluding carboxylic acids is 2. The van der Waals surface area contributed by atoms with Gasteiger partial charge < -0.3 is 15.2 Å². The number of rotatable bonds is 5. The van der Waals surface area contributed by atoms with E-state index in [9.17, 15) is 18.0 Å². The third-order valence-corrected chi connectivity index (χ3v) is 9.55. The second-order valence-corrected chi connectivity index (χ2v) is 11.6. The highest BCUT2D eigenvalue weighted by atomic mass is 35.5. The smallest absolute Gasteiger partial charge is 0.273 e. The van der Waals surface area contributed by atoms with E-state index in [1.807, 2.05) is 0 Å². The molecule has 174 valence electrons. The van der Waals surface area contributed by atoms with Crippen molar-refractivity contribution in [1.29, 1.82) is 0 Å². The summed E-state index contributed by atoms with van der Waals surface area (Å²) in [5.41, 5.74) is 1.47. The molecule has 11 heteroatoms. The van der Waals surface area contributed by atoms with Crippen molar-refractivity contribution in [3.63, 3.8) is 0 Å². The van der Waals surface area contributed by atoms with Crippen LogP contribution in [0.5, 0.6) is 0 Å². The van der Waals surface area contributed by atoms with Gasteiger partial charge in [-0.05, 0) is 56.2 Å². The first-order chi connectivity index (χ1) is 15.8. The fraction of sp³-hybridized carbons (Fsp3) is 0.500. The van der Waals surface area contributed by atoms with Gasteiger partial charge in [0, 0.05) is 35.8 Å². The van der Waals surface area contributed by atoms with E-state index in [0.29, 0.717) is 30.0 Å². The van der Waals surface area contributed by atoms with Crippen LogP contribution in [0.15, 0.2) is 27.6 Å². The molecule has 1 aromatic carbocycles. The van der Waals surface area contributed by atoms with Gasteiger partial charge in [0.15, 0.2) is 5.69 Å². The Kier molecular flexibility index (Phi) is 4.83. The standard InChI is InChI=1S/C22H23ClN4O5S/c23-16-9-17-12(6-21(28)25-17)5-20(16)33(30,31)27-14-3-4-15(27)8-13(7-14)24-22(29)18-10-19(32-26-18)11-1-2-11/h5,9-11,13-15H,1-4,6-8H2,(H,24,29)(H,25,28)/t13?,14-,15+. The fourth-order valence-corrected chi connectivity index (χ4v) is 7.84. The molecule has 2 saturated heterocycles. The van der Waals surface area contributed by atoms with Gasteiger partial charge in [0.25, 0.3) is 5.91 Å². The first kappa shape index (κ1) is 21.1. The largest absolute Gasteiger partial charge is 0.360 e.